The fraction of sp³-hybridized carbons (Fsp3) is 0.765. The lowest BCUT2D eigenvalue weighted by Crippen LogP contribution is -2.25. The average molecular weight is 279 g/mol. The first-order valence-corrected chi connectivity index (χ1v) is 8.04. The van der Waals surface area contributed by atoms with Gasteiger partial charge in [0.05, 0.1) is 12.4 Å². The first-order chi connectivity index (χ1) is 9.66. The topological polar surface area (TPSA) is 34.4 Å². The Labute approximate surface area is 123 Å². The van der Waals surface area contributed by atoms with E-state index in [1.807, 2.05) is 0 Å². The van der Waals surface area contributed by atoms with Gasteiger partial charge in [-0.3, -0.25) is 0 Å². The van der Waals surface area contributed by atoms with Crippen molar-refractivity contribution in [2.45, 2.75) is 65.7 Å². The van der Waals surface area contributed by atoms with E-state index in [0.717, 1.165) is 18.8 Å². The minimum atomic E-state index is 0.408. The van der Waals surface area contributed by atoms with Crippen LogP contribution >= 0.6 is 0 Å². The van der Waals surface area contributed by atoms with Crippen LogP contribution in [0, 0.1) is 11.8 Å². The summed E-state index contributed by atoms with van der Waals surface area (Å²) in [6.07, 6.45) is 7.33. The second kappa shape index (κ2) is 7.84. The first-order valence-electron chi connectivity index (χ1n) is 8.04. The summed E-state index contributed by atoms with van der Waals surface area (Å²) in [5, 5.41) is 3.46. The van der Waals surface area contributed by atoms with Crippen molar-refractivity contribution in [1.82, 2.24) is 5.32 Å². The van der Waals surface area contributed by atoms with Crippen LogP contribution in [0.5, 0.6) is 0 Å². The summed E-state index contributed by atoms with van der Waals surface area (Å²) in [5.74, 6) is 2.34. The van der Waals surface area contributed by atoms with E-state index in [9.17, 15) is 0 Å². The molecule has 1 aliphatic rings. The smallest absolute Gasteiger partial charge is 0.133 e. The van der Waals surface area contributed by atoms with Crippen molar-refractivity contribution in [3.63, 3.8) is 0 Å². The maximum Gasteiger partial charge on any atom is 0.133 e. The molecule has 1 aliphatic carbocycles. The Bertz CT molecular complexity index is 386. The third-order valence-corrected chi connectivity index (χ3v) is 4.17. The van der Waals surface area contributed by atoms with Crippen LogP contribution < -0.4 is 5.32 Å². The molecule has 3 nitrogen and oxygen atoms in total. The Balaban J connectivity index is 1.79. The van der Waals surface area contributed by atoms with Crippen molar-refractivity contribution in [1.29, 1.82) is 0 Å². The highest BCUT2D eigenvalue weighted by Crippen LogP contribution is 2.27. The lowest BCUT2D eigenvalue weighted by Gasteiger charge is -2.28. The van der Waals surface area contributed by atoms with E-state index < -0.39 is 0 Å². The minimum Gasteiger partial charge on any atom is -0.467 e. The highest BCUT2D eigenvalue weighted by atomic mass is 16.5. The van der Waals surface area contributed by atoms with E-state index >= 15 is 0 Å². The molecule has 0 bridgehead atoms. The molecule has 1 aromatic heterocycles. The third-order valence-electron chi connectivity index (χ3n) is 4.17. The molecule has 1 saturated carbocycles. The Kier molecular flexibility index (Phi) is 6.11. The van der Waals surface area contributed by atoms with Crippen LogP contribution in [-0.4, -0.2) is 12.6 Å². The van der Waals surface area contributed by atoms with E-state index in [-0.39, 0.29) is 0 Å². The SMILES string of the molecule is CC(C)CNCc1ccoc1COC1CCCCC1C. The Morgan fingerprint density at radius 2 is 2.15 bits per heavy atom. The zero-order valence-corrected chi connectivity index (χ0v) is 13.2. The molecule has 0 spiro atoms. The molecule has 0 radical (unpaired) electrons. The summed E-state index contributed by atoms with van der Waals surface area (Å²) in [7, 11) is 0. The number of hydrogen-bond donors (Lipinski definition) is 1. The zero-order valence-electron chi connectivity index (χ0n) is 13.2. The summed E-state index contributed by atoms with van der Waals surface area (Å²) in [5.41, 5.74) is 1.23. The van der Waals surface area contributed by atoms with Crippen molar-refractivity contribution in [3.8, 4) is 0 Å². The van der Waals surface area contributed by atoms with E-state index in [2.05, 4.69) is 32.2 Å². The molecule has 0 aromatic carbocycles. The Morgan fingerprint density at radius 1 is 1.35 bits per heavy atom. The van der Waals surface area contributed by atoms with Crippen LogP contribution in [-0.2, 0) is 17.9 Å². The van der Waals surface area contributed by atoms with Gasteiger partial charge in [0.1, 0.15) is 12.4 Å². The molecule has 3 heteroatoms. The Hall–Kier alpha value is -0.800. The van der Waals surface area contributed by atoms with Crippen molar-refractivity contribution in [2.75, 3.05) is 6.54 Å². The van der Waals surface area contributed by atoms with Gasteiger partial charge in [-0.2, -0.15) is 0 Å². The van der Waals surface area contributed by atoms with Gasteiger partial charge in [-0.05, 0) is 37.3 Å². The predicted molar refractivity (Wildman–Crippen MR) is 81.5 cm³/mol. The summed E-state index contributed by atoms with van der Waals surface area (Å²) in [4.78, 5) is 0. The van der Waals surface area contributed by atoms with Crippen molar-refractivity contribution in [3.05, 3.63) is 23.7 Å². The number of rotatable bonds is 7. The van der Waals surface area contributed by atoms with Gasteiger partial charge in [0.2, 0.25) is 0 Å². The second-order valence-electron chi connectivity index (χ2n) is 6.50. The summed E-state index contributed by atoms with van der Waals surface area (Å²) in [6, 6.07) is 2.05. The van der Waals surface area contributed by atoms with Crippen molar-refractivity contribution in [2.24, 2.45) is 11.8 Å². The molecule has 2 unspecified atom stereocenters. The van der Waals surface area contributed by atoms with Gasteiger partial charge in [0, 0.05) is 12.1 Å². The Morgan fingerprint density at radius 3 is 2.90 bits per heavy atom. The molecule has 20 heavy (non-hydrogen) atoms. The van der Waals surface area contributed by atoms with Gasteiger partial charge in [0.25, 0.3) is 0 Å². The summed E-state index contributed by atoms with van der Waals surface area (Å²) in [6.45, 7) is 9.25. The maximum atomic E-state index is 6.09. The molecule has 0 amide bonds. The average Bonchev–Trinajstić information content (AvgIpc) is 2.85. The zero-order chi connectivity index (χ0) is 14.4. The molecule has 2 atom stereocenters. The monoisotopic (exact) mass is 279 g/mol. The first kappa shape index (κ1) is 15.6. The lowest BCUT2D eigenvalue weighted by atomic mass is 9.88. The molecule has 0 aliphatic heterocycles. The highest BCUT2D eigenvalue weighted by molar-refractivity contribution is 5.16. The number of nitrogens with one attached hydrogen (secondary N) is 1. The highest BCUT2D eigenvalue weighted by Gasteiger charge is 2.22. The molecule has 1 heterocycles. The van der Waals surface area contributed by atoms with Gasteiger partial charge >= 0.3 is 0 Å². The van der Waals surface area contributed by atoms with Crippen molar-refractivity contribution < 1.29 is 9.15 Å². The molecular weight excluding hydrogens is 250 g/mol. The van der Waals surface area contributed by atoms with Crippen LogP contribution in [0.15, 0.2) is 16.7 Å². The van der Waals surface area contributed by atoms with Gasteiger partial charge < -0.3 is 14.5 Å². The minimum absolute atomic E-state index is 0.408. The van der Waals surface area contributed by atoms with Crippen LogP contribution in [0.3, 0.4) is 0 Å². The molecule has 1 aromatic rings. The van der Waals surface area contributed by atoms with Crippen LogP contribution in [0.1, 0.15) is 57.8 Å². The standard InChI is InChI=1S/C17H29NO2/c1-13(2)10-18-11-15-8-9-19-17(15)12-20-16-7-5-4-6-14(16)3/h8-9,13-14,16,18H,4-7,10-12H2,1-3H3. The second-order valence-corrected chi connectivity index (χ2v) is 6.50. The van der Waals surface area contributed by atoms with E-state index in [1.165, 1.54) is 31.2 Å². The quantitative estimate of drug-likeness (QED) is 0.815. The van der Waals surface area contributed by atoms with Crippen LogP contribution in [0.2, 0.25) is 0 Å². The fourth-order valence-corrected chi connectivity index (χ4v) is 2.86. The fourth-order valence-electron chi connectivity index (χ4n) is 2.86. The number of ether oxygens (including phenoxy) is 1. The van der Waals surface area contributed by atoms with E-state index in [0.29, 0.717) is 24.5 Å². The molecule has 1 N–H and O–H groups in total. The van der Waals surface area contributed by atoms with Gasteiger partial charge in [-0.1, -0.05) is 33.6 Å². The molecule has 2 rings (SSSR count). The largest absolute Gasteiger partial charge is 0.467 e. The molecular formula is C17H29NO2. The lowest BCUT2D eigenvalue weighted by molar-refractivity contribution is -0.0223. The number of hydrogen-bond acceptors (Lipinski definition) is 3. The normalized spacial score (nSPS) is 23.4. The van der Waals surface area contributed by atoms with E-state index in [1.54, 1.807) is 6.26 Å². The van der Waals surface area contributed by atoms with Crippen LogP contribution in [0.4, 0.5) is 0 Å². The maximum absolute atomic E-state index is 6.09. The third kappa shape index (κ3) is 4.64. The molecule has 114 valence electrons. The van der Waals surface area contributed by atoms with Crippen LogP contribution in [0.25, 0.3) is 0 Å². The summed E-state index contributed by atoms with van der Waals surface area (Å²) >= 11 is 0. The van der Waals surface area contributed by atoms with Gasteiger partial charge in [-0.15, -0.1) is 0 Å². The van der Waals surface area contributed by atoms with Gasteiger partial charge in [0.15, 0.2) is 0 Å². The molecule has 1 fully saturated rings. The molecule has 0 saturated heterocycles. The predicted octanol–water partition coefficient (Wildman–Crippen LogP) is 4.12. The van der Waals surface area contributed by atoms with Crippen molar-refractivity contribution >= 4 is 0 Å². The van der Waals surface area contributed by atoms with E-state index in [4.69, 9.17) is 9.15 Å². The summed E-state index contributed by atoms with van der Waals surface area (Å²) < 4.78 is 11.7. The van der Waals surface area contributed by atoms with Gasteiger partial charge in [-0.25, -0.2) is 0 Å². The number of furan rings is 1.